The SMILES string of the molecule is OC[C@H]1C[C@@H](Oc2cnccc2Cc2ccc(C3CC3)cc2)[C@H](O)[C@@H](O)[C@@H]1O. The maximum Gasteiger partial charge on any atom is 0.141 e. The Hall–Kier alpha value is -1.99. The van der Waals surface area contributed by atoms with Gasteiger partial charge in [0.2, 0.25) is 0 Å². The van der Waals surface area contributed by atoms with E-state index < -0.39 is 30.3 Å². The Bertz CT molecular complexity index is 790. The van der Waals surface area contributed by atoms with Gasteiger partial charge in [0, 0.05) is 30.7 Å². The van der Waals surface area contributed by atoms with Gasteiger partial charge in [-0.3, -0.25) is 4.98 Å². The molecule has 2 saturated carbocycles. The van der Waals surface area contributed by atoms with Crippen LogP contribution in [0.3, 0.4) is 0 Å². The first kappa shape index (κ1) is 19.3. The number of hydrogen-bond donors (Lipinski definition) is 4. The first-order chi connectivity index (χ1) is 13.6. The summed E-state index contributed by atoms with van der Waals surface area (Å²) in [5, 5.41) is 39.8. The minimum absolute atomic E-state index is 0.250. The van der Waals surface area contributed by atoms with Crippen molar-refractivity contribution >= 4 is 0 Å². The van der Waals surface area contributed by atoms with E-state index in [2.05, 4.69) is 29.2 Å². The summed E-state index contributed by atoms with van der Waals surface area (Å²) in [5.74, 6) is 0.722. The Labute approximate surface area is 164 Å². The predicted molar refractivity (Wildman–Crippen MR) is 103 cm³/mol. The highest BCUT2D eigenvalue weighted by molar-refractivity contribution is 5.37. The standard InChI is InChI=1S/C22H27NO5/c24-12-17-10-18(21(26)22(27)20(17)25)28-19-11-23-8-7-16(19)9-13-1-3-14(4-2-13)15-5-6-15/h1-4,7-8,11,15,17-18,20-22,24-27H,5-6,9-10,12H2/t17-,18-,20-,21+,22+/m1/s1. The molecule has 0 unspecified atom stereocenters. The van der Waals surface area contributed by atoms with Gasteiger partial charge in [-0.25, -0.2) is 0 Å². The van der Waals surface area contributed by atoms with E-state index >= 15 is 0 Å². The van der Waals surface area contributed by atoms with Crippen LogP contribution in [0.4, 0.5) is 0 Å². The van der Waals surface area contributed by atoms with Gasteiger partial charge in [0.1, 0.15) is 24.1 Å². The number of pyridine rings is 1. The molecule has 2 aliphatic rings. The molecule has 4 N–H and O–H groups in total. The quantitative estimate of drug-likeness (QED) is 0.599. The van der Waals surface area contributed by atoms with Gasteiger partial charge >= 0.3 is 0 Å². The molecule has 0 aliphatic heterocycles. The van der Waals surface area contributed by atoms with E-state index in [1.165, 1.54) is 18.4 Å². The van der Waals surface area contributed by atoms with Crippen LogP contribution < -0.4 is 4.74 Å². The third kappa shape index (κ3) is 4.05. The third-order valence-electron chi connectivity index (χ3n) is 5.90. The van der Waals surface area contributed by atoms with Crippen LogP contribution in [0.15, 0.2) is 42.7 Å². The van der Waals surface area contributed by atoms with Crippen LogP contribution in [-0.2, 0) is 6.42 Å². The van der Waals surface area contributed by atoms with Crippen LogP contribution in [-0.4, -0.2) is 56.4 Å². The molecule has 0 saturated heterocycles. The largest absolute Gasteiger partial charge is 0.486 e. The van der Waals surface area contributed by atoms with Crippen molar-refractivity contribution in [3.63, 3.8) is 0 Å². The van der Waals surface area contributed by atoms with Crippen LogP contribution in [0.5, 0.6) is 5.75 Å². The molecule has 0 amide bonds. The van der Waals surface area contributed by atoms with Crippen molar-refractivity contribution in [2.75, 3.05) is 6.61 Å². The molecule has 5 atom stereocenters. The van der Waals surface area contributed by atoms with Crippen molar-refractivity contribution in [1.29, 1.82) is 0 Å². The molecule has 1 aromatic heterocycles. The van der Waals surface area contributed by atoms with Gasteiger partial charge in [0.15, 0.2) is 0 Å². The molecule has 0 spiro atoms. The first-order valence-electron chi connectivity index (χ1n) is 9.90. The molecule has 1 aromatic carbocycles. The van der Waals surface area contributed by atoms with Crippen LogP contribution >= 0.6 is 0 Å². The van der Waals surface area contributed by atoms with Crippen molar-refractivity contribution in [2.45, 2.75) is 56.0 Å². The van der Waals surface area contributed by atoms with E-state index in [0.29, 0.717) is 12.2 Å². The van der Waals surface area contributed by atoms with Gasteiger partial charge in [-0.05, 0) is 42.4 Å². The van der Waals surface area contributed by atoms with Crippen molar-refractivity contribution in [3.8, 4) is 5.75 Å². The van der Waals surface area contributed by atoms with Gasteiger partial charge in [-0.2, -0.15) is 0 Å². The summed E-state index contributed by atoms with van der Waals surface area (Å²) in [7, 11) is 0. The Balaban J connectivity index is 1.49. The van der Waals surface area contributed by atoms with Crippen LogP contribution in [0.2, 0.25) is 0 Å². The number of hydrogen-bond acceptors (Lipinski definition) is 6. The Morgan fingerprint density at radius 2 is 1.71 bits per heavy atom. The highest BCUT2D eigenvalue weighted by Crippen LogP contribution is 2.40. The smallest absolute Gasteiger partial charge is 0.141 e. The second-order valence-corrected chi connectivity index (χ2v) is 7.98. The third-order valence-corrected chi connectivity index (χ3v) is 5.90. The molecule has 6 nitrogen and oxygen atoms in total. The molecule has 2 aromatic rings. The van der Waals surface area contributed by atoms with E-state index in [9.17, 15) is 20.4 Å². The highest BCUT2D eigenvalue weighted by Gasteiger charge is 2.43. The number of aromatic nitrogens is 1. The molecule has 1 heterocycles. The molecule has 150 valence electrons. The second kappa shape index (κ2) is 8.17. The Kier molecular flexibility index (Phi) is 5.64. The first-order valence-corrected chi connectivity index (χ1v) is 9.90. The highest BCUT2D eigenvalue weighted by atomic mass is 16.5. The molecular weight excluding hydrogens is 358 g/mol. The maximum atomic E-state index is 10.3. The summed E-state index contributed by atoms with van der Waals surface area (Å²) in [6.45, 7) is -0.280. The van der Waals surface area contributed by atoms with E-state index in [-0.39, 0.29) is 13.0 Å². The lowest BCUT2D eigenvalue weighted by atomic mass is 9.81. The summed E-state index contributed by atoms with van der Waals surface area (Å²) in [6, 6.07) is 10.5. The number of aliphatic hydroxyl groups excluding tert-OH is 4. The van der Waals surface area contributed by atoms with Crippen LogP contribution in [0.25, 0.3) is 0 Å². The van der Waals surface area contributed by atoms with Gasteiger partial charge in [0.05, 0.1) is 12.3 Å². The maximum absolute atomic E-state index is 10.3. The molecule has 4 rings (SSSR count). The van der Waals surface area contributed by atoms with Gasteiger partial charge in [-0.1, -0.05) is 24.3 Å². The average molecular weight is 385 g/mol. The summed E-state index contributed by atoms with van der Waals surface area (Å²) >= 11 is 0. The van der Waals surface area contributed by atoms with E-state index in [1.807, 2.05) is 6.07 Å². The fourth-order valence-electron chi connectivity index (χ4n) is 3.95. The lowest BCUT2D eigenvalue weighted by molar-refractivity contribution is -0.157. The number of rotatable bonds is 6. The molecule has 0 radical (unpaired) electrons. The fraction of sp³-hybridized carbons (Fsp3) is 0.500. The zero-order valence-electron chi connectivity index (χ0n) is 15.7. The molecule has 0 bridgehead atoms. The van der Waals surface area contributed by atoms with Gasteiger partial charge in [0.25, 0.3) is 0 Å². The van der Waals surface area contributed by atoms with Crippen molar-refractivity contribution in [2.24, 2.45) is 5.92 Å². The average Bonchev–Trinajstić information content (AvgIpc) is 3.56. The summed E-state index contributed by atoms with van der Waals surface area (Å²) in [4.78, 5) is 4.13. The molecule has 2 fully saturated rings. The van der Waals surface area contributed by atoms with Crippen molar-refractivity contribution in [1.82, 2.24) is 4.98 Å². The number of benzene rings is 1. The normalized spacial score (nSPS) is 30.2. The van der Waals surface area contributed by atoms with E-state index in [1.54, 1.807) is 12.4 Å². The molecule has 28 heavy (non-hydrogen) atoms. The molecule has 2 aliphatic carbocycles. The van der Waals surface area contributed by atoms with E-state index in [4.69, 9.17) is 4.74 Å². The number of nitrogens with zero attached hydrogens (tertiary/aromatic N) is 1. The summed E-state index contributed by atoms with van der Waals surface area (Å²) in [6.07, 6.45) is 2.30. The molecule has 6 heteroatoms. The van der Waals surface area contributed by atoms with E-state index in [0.717, 1.165) is 17.0 Å². The topological polar surface area (TPSA) is 103 Å². The fourth-order valence-corrected chi connectivity index (χ4v) is 3.95. The van der Waals surface area contributed by atoms with Gasteiger partial charge in [-0.15, -0.1) is 0 Å². The Morgan fingerprint density at radius 3 is 2.39 bits per heavy atom. The zero-order valence-corrected chi connectivity index (χ0v) is 15.7. The Morgan fingerprint density at radius 1 is 0.964 bits per heavy atom. The number of aliphatic hydroxyl groups is 4. The number of ether oxygens (including phenoxy) is 1. The zero-order chi connectivity index (χ0) is 19.7. The minimum atomic E-state index is -1.36. The molecular formula is C22H27NO5. The second-order valence-electron chi connectivity index (χ2n) is 7.98. The van der Waals surface area contributed by atoms with Crippen molar-refractivity contribution in [3.05, 3.63) is 59.4 Å². The van der Waals surface area contributed by atoms with Crippen LogP contribution in [0.1, 0.15) is 41.9 Å². The lowest BCUT2D eigenvalue weighted by Crippen LogP contribution is -2.56. The lowest BCUT2D eigenvalue weighted by Gasteiger charge is -2.39. The summed E-state index contributed by atoms with van der Waals surface area (Å²) < 4.78 is 6.00. The van der Waals surface area contributed by atoms with Crippen molar-refractivity contribution < 1.29 is 25.2 Å². The minimum Gasteiger partial charge on any atom is -0.486 e. The summed E-state index contributed by atoms with van der Waals surface area (Å²) in [5.41, 5.74) is 3.48. The van der Waals surface area contributed by atoms with Crippen LogP contribution in [0, 0.1) is 5.92 Å². The monoisotopic (exact) mass is 385 g/mol. The van der Waals surface area contributed by atoms with Gasteiger partial charge < -0.3 is 25.2 Å². The predicted octanol–water partition coefficient (Wildman–Crippen LogP) is 1.39.